The van der Waals surface area contributed by atoms with E-state index in [9.17, 15) is 4.79 Å². The number of aliphatic carboxylic acids is 1. The fourth-order valence-corrected chi connectivity index (χ4v) is 1.16. The molecule has 1 aliphatic rings. The van der Waals surface area contributed by atoms with Gasteiger partial charge >= 0.3 is 5.97 Å². The van der Waals surface area contributed by atoms with E-state index >= 15 is 0 Å². The molecule has 1 rings (SSSR count). The van der Waals surface area contributed by atoms with Crippen LogP contribution in [0.15, 0.2) is 0 Å². The van der Waals surface area contributed by atoms with E-state index in [4.69, 9.17) is 10.8 Å². The fraction of sp³-hybridized carbons (Fsp3) is 0.833. The Morgan fingerprint density at radius 2 is 2.44 bits per heavy atom. The van der Waals surface area contributed by atoms with Crippen molar-refractivity contribution in [2.45, 2.75) is 13.3 Å². The highest BCUT2D eigenvalue weighted by molar-refractivity contribution is 5.78. The minimum Gasteiger partial charge on any atom is -0.481 e. The van der Waals surface area contributed by atoms with E-state index in [2.05, 4.69) is 0 Å². The third kappa shape index (κ3) is 0.721. The number of nitrogens with two attached hydrogens (primary N) is 1. The lowest BCUT2D eigenvalue weighted by molar-refractivity contribution is -0.143. The molecule has 1 saturated carbocycles. The summed E-state index contributed by atoms with van der Waals surface area (Å²) in [5.74, 6) is -0.461. The maximum absolute atomic E-state index is 10.4. The van der Waals surface area contributed by atoms with Gasteiger partial charge < -0.3 is 10.8 Å². The summed E-state index contributed by atoms with van der Waals surface area (Å²) in [6, 6.07) is 0. The van der Waals surface area contributed by atoms with Gasteiger partial charge in [-0.2, -0.15) is 0 Å². The van der Waals surface area contributed by atoms with E-state index in [-0.39, 0.29) is 12.5 Å². The molecular formula is C6H11NO2. The third-order valence-corrected chi connectivity index (χ3v) is 2.24. The SMILES string of the molecule is C[C@@H]1C[C@@]1(CN)C(=O)O. The summed E-state index contributed by atoms with van der Waals surface area (Å²) >= 11 is 0. The van der Waals surface area contributed by atoms with Crippen LogP contribution in [0.25, 0.3) is 0 Å². The monoisotopic (exact) mass is 129 g/mol. The van der Waals surface area contributed by atoms with Crippen LogP contribution in [0.1, 0.15) is 13.3 Å². The number of carbonyl (C=O) groups is 1. The first-order chi connectivity index (χ1) is 4.13. The molecule has 1 fully saturated rings. The molecule has 3 nitrogen and oxygen atoms in total. The van der Waals surface area contributed by atoms with Crippen LogP contribution in [0.3, 0.4) is 0 Å². The number of hydrogen-bond acceptors (Lipinski definition) is 2. The summed E-state index contributed by atoms with van der Waals surface area (Å²) < 4.78 is 0. The molecular weight excluding hydrogens is 118 g/mol. The van der Waals surface area contributed by atoms with Crippen LogP contribution in [0.5, 0.6) is 0 Å². The average Bonchev–Trinajstić information content (AvgIpc) is 2.43. The molecule has 0 amide bonds. The molecule has 9 heavy (non-hydrogen) atoms. The second-order valence-corrected chi connectivity index (χ2v) is 2.77. The predicted octanol–water partition coefficient (Wildman–Crippen LogP) is 0.0559. The Kier molecular flexibility index (Phi) is 1.24. The van der Waals surface area contributed by atoms with Crippen molar-refractivity contribution in [2.75, 3.05) is 6.54 Å². The maximum Gasteiger partial charge on any atom is 0.311 e. The number of hydrogen-bond donors (Lipinski definition) is 2. The Hall–Kier alpha value is -0.570. The Morgan fingerprint density at radius 3 is 2.44 bits per heavy atom. The molecule has 0 bridgehead atoms. The zero-order valence-corrected chi connectivity index (χ0v) is 5.42. The second kappa shape index (κ2) is 1.70. The summed E-state index contributed by atoms with van der Waals surface area (Å²) in [6.45, 7) is 2.20. The van der Waals surface area contributed by atoms with E-state index in [0.29, 0.717) is 0 Å². The molecule has 0 aromatic rings. The standard InChI is InChI=1S/C6H11NO2/c1-4-2-6(4,3-7)5(8)9/h4H,2-3,7H2,1H3,(H,8,9)/t4-,6+/m1/s1. The molecule has 2 atom stereocenters. The van der Waals surface area contributed by atoms with Crippen molar-refractivity contribution in [1.82, 2.24) is 0 Å². The first-order valence-electron chi connectivity index (χ1n) is 3.07. The smallest absolute Gasteiger partial charge is 0.311 e. The normalized spacial score (nSPS) is 40.4. The van der Waals surface area contributed by atoms with Gasteiger partial charge in [0.2, 0.25) is 0 Å². The van der Waals surface area contributed by atoms with Crippen molar-refractivity contribution in [3.8, 4) is 0 Å². The highest BCUT2D eigenvalue weighted by Gasteiger charge is 2.56. The summed E-state index contributed by atoms with van der Waals surface area (Å²) in [6.07, 6.45) is 0.749. The number of carboxylic acids is 1. The van der Waals surface area contributed by atoms with Crippen LogP contribution in [0.4, 0.5) is 0 Å². The van der Waals surface area contributed by atoms with Crippen LogP contribution in [-0.2, 0) is 4.79 Å². The van der Waals surface area contributed by atoms with Gasteiger partial charge in [0.05, 0.1) is 5.41 Å². The van der Waals surface area contributed by atoms with Crippen molar-refractivity contribution in [2.24, 2.45) is 17.1 Å². The fourth-order valence-electron chi connectivity index (χ4n) is 1.16. The Bertz CT molecular complexity index is 142. The maximum atomic E-state index is 10.4. The molecule has 0 radical (unpaired) electrons. The molecule has 1 aliphatic carbocycles. The Balaban J connectivity index is 2.62. The van der Waals surface area contributed by atoms with Crippen LogP contribution in [-0.4, -0.2) is 17.6 Å². The summed E-state index contributed by atoms with van der Waals surface area (Å²) in [5, 5.41) is 8.59. The number of rotatable bonds is 2. The largest absolute Gasteiger partial charge is 0.481 e. The Morgan fingerprint density at radius 1 is 2.00 bits per heavy atom. The molecule has 0 aromatic carbocycles. The minimum atomic E-state index is -0.738. The lowest BCUT2D eigenvalue weighted by atomic mass is 10.1. The van der Waals surface area contributed by atoms with Gasteiger partial charge in [-0.15, -0.1) is 0 Å². The van der Waals surface area contributed by atoms with Gasteiger partial charge in [-0.25, -0.2) is 0 Å². The second-order valence-electron chi connectivity index (χ2n) is 2.77. The summed E-state index contributed by atoms with van der Waals surface area (Å²) in [7, 11) is 0. The zero-order valence-electron chi connectivity index (χ0n) is 5.42. The molecule has 0 saturated heterocycles. The van der Waals surface area contributed by atoms with E-state index in [1.807, 2.05) is 6.92 Å². The molecule has 0 aromatic heterocycles. The van der Waals surface area contributed by atoms with Gasteiger partial charge in [-0.05, 0) is 12.3 Å². The highest BCUT2D eigenvalue weighted by Crippen LogP contribution is 2.51. The average molecular weight is 129 g/mol. The first-order valence-corrected chi connectivity index (χ1v) is 3.07. The predicted molar refractivity (Wildman–Crippen MR) is 32.9 cm³/mol. The summed E-state index contributed by atoms with van der Waals surface area (Å²) in [5.41, 5.74) is 4.72. The molecule has 0 aliphatic heterocycles. The highest BCUT2D eigenvalue weighted by atomic mass is 16.4. The quantitative estimate of drug-likeness (QED) is 0.554. The molecule has 3 heteroatoms. The molecule has 0 unspecified atom stereocenters. The molecule has 0 heterocycles. The summed E-state index contributed by atoms with van der Waals surface area (Å²) in [4.78, 5) is 10.4. The van der Waals surface area contributed by atoms with Crippen LogP contribution in [0, 0.1) is 11.3 Å². The van der Waals surface area contributed by atoms with Crippen molar-refractivity contribution in [3.05, 3.63) is 0 Å². The van der Waals surface area contributed by atoms with E-state index in [0.717, 1.165) is 6.42 Å². The Labute approximate surface area is 53.9 Å². The zero-order chi connectivity index (χ0) is 7.07. The third-order valence-electron chi connectivity index (χ3n) is 2.24. The van der Waals surface area contributed by atoms with E-state index < -0.39 is 11.4 Å². The van der Waals surface area contributed by atoms with Crippen molar-refractivity contribution < 1.29 is 9.90 Å². The minimum absolute atomic E-state index is 0.278. The molecule has 52 valence electrons. The van der Waals surface area contributed by atoms with Crippen LogP contribution >= 0.6 is 0 Å². The number of carboxylic acid groups (broad SMARTS) is 1. The van der Waals surface area contributed by atoms with Crippen LogP contribution in [0.2, 0.25) is 0 Å². The van der Waals surface area contributed by atoms with Gasteiger partial charge in [0, 0.05) is 6.54 Å². The van der Waals surface area contributed by atoms with Gasteiger partial charge in [0.15, 0.2) is 0 Å². The lowest BCUT2D eigenvalue weighted by Gasteiger charge is -2.04. The van der Waals surface area contributed by atoms with Gasteiger partial charge in [-0.3, -0.25) is 4.79 Å². The van der Waals surface area contributed by atoms with Gasteiger partial charge in [0.25, 0.3) is 0 Å². The van der Waals surface area contributed by atoms with E-state index in [1.54, 1.807) is 0 Å². The van der Waals surface area contributed by atoms with Gasteiger partial charge in [0.1, 0.15) is 0 Å². The van der Waals surface area contributed by atoms with Crippen molar-refractivity contribution >= 4 is 5.97 Å². The lowest BCUT2D eigenvalue weighted by Crippen LogP contribution is -2.26. The van der Waals surface area contributed by atoms with Crippen molar-refractivity contribution in [3.63, 3.8) is 0 Å². The molecule has 3 N–H and O–H groups in total. The van der Waals surface area contributed by atoms with Gasteiger partial charge in [-0.1, -0.05) is 6.92 Å². The van der Waals surface area contributed by atoms with E-state index in [1.165, 1.54) is 0 Å². The van der Waals surface area contributed by atoms with Crippen molar-refractivity contribution in [1.29, 1.82) is 0 Å². The topological polar surface area (TPSA) is 63.3 Å². The molecule has 0 spiro atoms. The first kappa shape index (κ1) is 6.55. The van der Waals surface area contributed by atoms with Crippen LogP contribution < -0.4 is 5.73 Å².